The molecule has 12 nitrogen and oxygen atoms in total. The van der Waals surface area contributed by atoms with Crippen LogP contribution in [0.15, 0.2) is 170 Å². The predicted molar refractivity (Wildman–Crippen MR) is 256 cm³/mol. The standard InChI is InChI=1S/C54H38N2O10/c57-45-43(46(58)50(62)53(65)49(45)61)55(31-11-3-1-4-12-31)33-23-19-29(20-24-33)39-27-41-38-18-10-8-16-36(38)40(28-42(41)37-17-9-7-15-35(37)39)30-21-25-34(26-22-30)56(32-13-5-2-6-14-32)44-47(59)51(63)54(66)52(64)48(44)60/h1-28,57-66H. The number of hydrogen-bond acceptors (Lipinski definition) is 12. The van der Waals surface area contributed by atoms with Crippen LogP contribution in [0.25, 0.3) is 54.6 Å². The molecule has 10 N–H and O–H groups in total. The van der Waals surface area contributed by atoms with Crippen LogP contribution in [0.3, 0.4) is 0 Å². The summed E-state index contributed by atoms with van der Waals surface area (Å²) in [5, 5.41) is 112. The normalized spacial score (nSPS) is 11.3. The second-order valence-electron chi connectivity index (χ2n) is 15.7. The highest BCUT2D eigenvalue weighted by Gasteiger charge is 2.31. The SMILES string of the molecule is Oc1c(O)c(O)c(N(c2ccccc2)c2ccc(-c3cc4c5ccccc5c(-c5ccc(N(c6ccccc6)c6c(O)c(O)c(O)c(O)c6O)cc5)cc4c4ccccc34)cc2)c(O)c1O. The quantitative estimate of drug-likeness (QED) is 0.0393. The lowest BCUT2D eigenvalue weighted by Gasteiger charge is -2.27. The first-order valence-corrected chi connectivity index (χ1v) is 20.6. The predicted octanol–water partition coefficient (Wildman–Crippen LogP) is 12.5. The monoisotopic (exact) mass is 874 g/mol. The summed E-state index contributed by atoms with van der Waals surface area (Å²) in [5.41, 5.74) is 4.81. The van der Waals surface area contributed by atoms with Crippen molar-refractivity contribution in [2.45, 2.75) is 0 Å². The van der Waals surface area contributed by atoms with Crippen molar-refractivity contribution in [3.05, 3.63) is 170 Å². The molecule has 0 radical (unpaired) electrons. The van der Waals surface area contributed by atoms with Crippen LogP contribution in [0.2, 0.25) is 0 Å². The van der Waals surface area contributed by atoms with Crippen LogP contribution in [-0.2, 0) is 0 Å². The maximum atomic E-state index is 11.0. The zero-order valence-electron chi connectivity index (χ0n) is 34.5. The third-order valence-electron chi connectivity index (χ3n) is 11.9. The van der Waals surface area contributed by atoms with E-state index < -0.39 is 57.5 Å². The average Bonchev–Trinajstić information content (AvgIpc) is 3.36. The Hall–Kier alpha value is -9.42. The van der Waals surface area contributed by atoms with Crippen LogP contribution in [0, 0.1) is 0 Å². The summed E-state index contributed by atoms with van der Waals surface area (Å²) in [7, 11) is 0. The Morgan fingerprint density at radius 1 is 0.227 bits per heavy atom. The Balaban J connectivity index is 1.10. The number of benzene rings is 10. The van der Waals surface area contributed by atoms with Crippen molar-refractivity contribution < 1.29 is 51.1 Å². The van der Waals surface area contributed by atoms with Gasteiger partial charge in [-0.05, 0) is 115 Å². The fourth-order valence-corrected chi connectivity index (χ4v) is 8.75. The van der Waals surface area contributed by atoms with E-state index in [4.69, 9.17) is 0 Å². The minimum atomic E-state index is -1.05. The Morgan fingerprint density at radius 3 is 0.803 bits per heavy atom. The number of aromatic hydroxyl groups is 10. The van der Waals surface area contributed by atoms with Crippen LogP contribution in [0.5, 0.6) is 57.5 Å². The number of phenolic OH excluding ortho intramolecular Hbond substituents is 10. The van der Waals surface area contributed by atoms with Gasteiger partial charge in [-0.3, -0.25) is 0 Å². The lowest BCUT2D eigenvalue weighted by atomic mass is 9.87. The van der Waals surface area contributed by atoms with Gasteiger partial charge in [0.25, 0.3) is 0 Å². The Morgan fingerprint density at radius 2 is 0.485 bits per heavy atom. The maximum absolute atomic E-state index is 11.0. The molecule has 10 aromatic rings. The molecule has 0 spiro atoms. The van der Waals surface area contributed by atoms with Crippen molar-refractivity contribution in [2.24, 2.45) is 0 Å². The molecule has 0 saturated carbocycles. The van der Waals surface area contributed by atoms with Gasteiger partial charge < -0.3 is 60.9 Å². The molecule has 0 aliphatic heterocycles. The molecule has 66 heavy (non-hydrogen) atoms. The van der Waals surface area contributed by atoms with Crippen molar-refractivity contribution in [3.63, 3.8) is 0 Å². The van der Waals surface area contributed by atoms with E-state index in [1.807, 2.05) is 48.5 Å². The van der Waals surface area contributed by atoms with Crippen molar-refractivity contribution >= 4 is 66.4 Å². The van der Waals surface area contributed by atoms with E-state index in [-0.39, 0.29) is 11.4 Å². The van der Waals surface area contributed by atoms with E-state index >= 15 is 0 Å². The largest absolute Gasteiger partial charge is 0.503 e. The zero-order valence-corrected chi connectivity index (χ0v) is 34.5. The number of nitrogens with zero attached hydrogens (tertiary/aromatic N) is 2. The fraction of sp³-hybridized carbons (Fsp3) is 0. The molecule has 0 bridgehead atoms. The first-order chi connectivity index (χ1) is 31.9. The highest BCUT2D eigenvalue weighted by molar-refractivity contribution is 6.24. The molecule has 0 aliphatic rings. The molecule has 324 valence electrons. The summed E-state index contributed by atoms with van der Waals surface area (Å²) in [6, 6.07) is 52.8. The summed E-state index contributed by atoms with van der Waals surface area (Å²) in [4.78, 5) is 2.92. The Kier molecular flexibility index (Phi) is 9.69. The molecule has 0 fully saturated rings. The smallest absolute Gasteiger partial charge is 0.208 e. The van der Waals surface area contributed by atoms with Crippen LogP contribution < -0.4 is 9.80 Å². The molecule has 0 aliphatic carbocycles. The van der Waals surface area contributed by atoms with E-state index in [1.165, 1.54) is 9.80 Å². The van der Waals surface area contributed by atoms with Crippen molar-refractivity contribution in [1.29, 1.82) is 0 Å². The molecule has 0 atom stereocenters. The molecule has 0 unspecified atom stereocenters. The fourth-order valence-electron chi connectivity index (χ4n) is 8.75. The highest BCUT2D eigenvalue weighted by Crippen LogP contribution is 2.59. The maximum Gasteiger partial charge on any atom is 0.208 e. The number of hydrogen-bond donors (Lipinski definition) is 10. The first-order valence-electron chi connectivity index (χ1n) is 20.6. The molecule has 0 heterocycles. The zero-order chi connectivity index (χ0) is 46.0. The topological polar surface area (TPSA) is 209 Å². The van der Waals surface area contributed by atoms with E-state index in [0.717, 1.165) is 54.6 Å². The van der Waals surface area contributed by atoms with Crippen LogP contribution in [0.4, 0.5) is 34.1 Å². The highest BCUT2D eigenvalue weighted by atomic mass is 16.4. The van der Waals surface area contributed by atoms with Gasteiger partial charge >= 0.3 is 0 Å². The van der Waals surface area contributed by atoms with E-state index in [1.54, 1.807) is 84.9 Å². The van der Waals surface area contributed by atoms with Crippen molar-refractivity contribution in [3.8, 4) is 79.7 Å². The summed E-state index contributed by atoms with van der Waals surface area (Å²) < 4.78 is 0. The molecular formula is C54H38N2O10. The molecule has 0 saturated heterocycles. The Bertz CT molecular complexity index is 3240. The number of para-hydroxylation sites is 2. The Labute approximate surface area is 375 Å². The minimum absolute atomic E-state index is 0.333. The molecule has 12 heteroatoms. The van der Waals surface area contributed by atoms with Crippen molar-refractivity contribution in [1.82, 2.24) is 0 Å². The number of fused-ring (bicyclic) bond motifs is 5. The van der Waals surface area contributed by atoms with Gasteiger partial charge in [0, 0.05) is 22.7 Å². The van der Waals surface area contributed by atoms with Gasteiger partial charge in [-0.1, -0.05) is 109 Å². The second kappa shape index (κ2) is 15.7. The summed E-state index contributed by atoms with van der Waals surface area (Å²) in [5.74, 6) is -9.37. The van der Waals surface area contributed by atoms with Gasteiger partial charge in [-0.2, -0.15) is 0 Å². The van der Waals surface area contributed by atoms with Gasteiger partial charge in [-0.25, -0.2) is 0 Å². The molecule has 10 aromatic carbocycles. The van der Waals surface area contributed by atoms with Gasteiger partial charge in [0.15, 0.2) is 23.0 Å². The van der Waals surface area contributed by atoms with Gasteiger partial charge in [0.1, 0.15) is 11.4 Å². The van der Waals surface area contributed by atoms with E-state index in [2.05, 4.69) is 36.4 Å². The first kappa shape index (κ1) is 40.6. The van der Waals surface area contributed by atoms with Crippen LogP contribution in [0.1, 0.15) is 0 Å². The number of anilines is 6. The lowest BCUT2D eigenvalue weighted by Crippen LogP contribution is -2.10. The molecular weight excluding hydrogens is 837 g/mol. The van der Waals surface area contributed by atoms with Crippen LogP contribution >= 0.6 is 0 Å². The number of phenols is 10. The van der Waals surface area contributed by atoms with Crippen LogP contribution in [-0.4, -0.2) is 51.1 Å². The van der Waals surface area contributed by atoms with Crippen molar-refractivity contribution in [2.75, 3.05) is 9.80 Å². The van der Waals surface area contributed by atoms with Gasteiger partial charge in [0.05, 0.1) is 0 Å². The molecule has 0 amide bonds. The van der Waals surface area contributed by atoms with Gasteiger partial charge in [-0.15, -0.1) is 0 Å². The second-order valence-corrected chi connectivity index (χ2v) is 15.7. The average molecular weight is 875 g/mol. The molecule has 0 aromatic heterocycles. The minimum Gasteiger partial charge on any atom is -0.503 e. The summed E-state index contributed by atoms with van der Waals surface area (Å²) in [6.07, 6.45) is 0. The third kappa shape index (κ3) is 6.39. The lowest BCUT2D eigenvalue weighted by molar-refractivity contribution is 0.329. The van der Waals surface area contributed by atoms with E-state index in [9.17, 15) is 51.1 Å². The summed E-state index contributed by atoms with van der Waals surface area (Å²) in [6.45, 7) is 0. The van der Waals surface area contributed by atoms with E-state index in [0.29, 0.717) is 22.7 Å². The third-order valence-corrected chi connectivity index (χ3v) is 11.9. The molecule has 10 rings (SSSR count). The van der Waals surface area contributed by atoms with Gasteiger partial charge in [0.2, 0.25) is 34.5 Å². The number of rotatable bonds is 8. The summed E-state index contributed by atoms with van der Waals surface area (Å²) >= 11 is 0.